The lowest BCUT2D eigenvalue weighted by atomic mass is 10.1. The van der Waals surface area contributed by atoms with Crippen LogP contribution < -0.4 is 4.31 Å². The molecule has 21 heavy (non-hydrogen) atoms. The molecule has 0 saturated heterocycles. The van der Waals surface area contributed by atoms with Crippen molar-refractivity contribution in [2.24, 2.45) is 0 Å². The van der Waals surface area contributed by atoms with Crippen molar-refractivity contribution >= 4 is 15.7 Å². The fraction of sp³-hybridized carbons (Fsp3) is 0.294. The summed E-state index contributed by atoms with van der Waals surface area (Å²) < 4.78 is 25.9. The molecule has 2 aromatic carbocycles. The minimum atomic E-state index is -3.33. The van der Waals surface area contributed by atoms with Gasteiger partial charge in [-0.25, -0.2) is 8.42 Å². The van der Waals surface area contributed by atoms with Gasteiger partial charge in [0.2, 0.25) is 10.0 Å². The van der Waals surface area contributed by atoms with Crippen molar-refractivity contribution in [2.75, 3.05) is 10.6 Å². The molecule has 112 valence electrons. The normalized spacial score (nSPS) is 11.4. The van der Waals surface area contributed by atoms with E-state index in [2.05, 4.69) is 0 Å². The van der Waals surface area contributed by atoms with E-state index in [1.54, 1.807) is 0 Å². The van der Waals surface area contributed by atoms with Gasteiger partial charge in [-0.3, -0.25) is 4.31 Å². The summed E-state index contributed by atoms with van der Waals surface area (Å²) >= 11 is 0. The van der Waals surface area contributed by atoms with E-state index >= 15 is 0 Å². The Labute approximate surface area is 127 Å². The number of sulfonamides is 1. The number of anilines is 1. The first-order valence-corrected chi connectivity index (χ1v) is 8.73. The second kappa shape index (κ2) is 5.90. The van der Waals surface area contributed by atoms with Crippen LogP contribution in [0, 0.1) is 20.8 Å². The zero-order chi connectivity index (χ0) is 15.6. The van der Waals surface area contributed by atoms with Crippen LogP contribution >= 0.6 is 0 Å². The SMILES string of the molecule is Cc1ccc(CN(c2cc(C)ccc2C)S(C)(=O)=O)cc1. The first-order valence-electron chi connectivity index (χ1n) is 6.88. The first kappa shape index (κ1) is 15.6. The van der Waals surface area contributed by atoms with Gasteiger partial charge in [0.15, 0.2) is 0 Å². The van der Waals surface area contributed by atoms with Crippen molar-refractivity contribution in [1.29, 1.82) is 0 Å². The Bertz CT molecular complexity index is 734. The van der Waals surface area contributed by atoms with Crippen LogP contribution in [0.2, 0.25) is 0 Å². The lowest BCUT2D eigenvalue weighted by Gasteiger charge is -2.24. The molecule has 2 rings (SSSR count). The van der Waals surface area contributed by atoms with Crippen LogP contribution in [0.25, 0.3) is 0 Å². The van der Waals surface area contributed by atoms with Crippen molar-refractivity contribution in [3.8, 4) is 0 Å². The molecule has 3 nitrogen and oxygen atoms in total. The predicted molar refractivity (Wildman–Crippen MR) is 88.1 cm³/mol. The van der Waals surface area contributed by atoms with Gasteiger partial charge in [0.1, 0.15) is 0 Å². The Kier molecular flexibility index (Phi) is 4.37. The summed E-state index contributed by atoms with van der Waals surface area (Å²) in [5, 5.41) is 0. The molecule has 0 aliphatic heterocycles. The summed E-state index contributed by atoms with van der Waals surface area (Å²) in [7, 11) is -3.33. The van der Waals surface area contributed by atoms with Gasteiger partial charge in [0.25, 0.3) is 0 Å². The Balaban J connectivity index is 2.44. The first-order chi connectivity index (χ1) is 9.77. The van der Waals surface area contributed by atoms with Crippen molar-refractivity contribution in [3.05, 3.63) is 64.7 Å². The largest absolute Gasteiger partial charge is 0.266 e. The Morgan fingerprint density at radius 3 is 2.05 bits per heavy atom. The van der Waals surface area contributed by atoms with Gasteiger partial charge in [-0.05, 0) is 43.5 Å². The van der Waals surface area contributed by atoms with Crippen LogP contribution in [0.15, 0.2) is 42.5 Å². The van der Waals surface area contributed by atoms with E-state index in [0.717, 1.165) is 27.9 Å². The molecule has 0 heterocycles. The van der Waals surface area contributed by atoms with Gasteiger partial charge in [0, 0.05) is 0 Å². The van der Waals surface area contributed by atoms with Gasteiger partial charge in [-0.2, -0.15) is 0 Å². The fourth-order valence-corrected chi connectivity index (χ4v) is 3.17. The van der Waals surface area contributed by atoms with E-state index in [9.17, 15) is 8.42 Å². The monoisotopic (exact) mass is 303 g/mol. The maximum absolute atomic E-state index is 12.2. The lowest BCUT2D eigenvalue weighted by molar-refractivity contribution is 0.596. The number of hydrogen-bond donors (Lipinski definition) is 0. The minimum absolute atomic E-state index is 0.351. The molecule has 0 aromatic heterocycles. The van der Waals surface area contributed by atoms with Crippen LogP contribution in [0.3, 0.4) is 0 Å². The van der Waals surface area contributed by atoms with Crippen molar-refractivity contribution in [1.82, 2.24) is 0 Å². The summed E-state index contributed by atoms with van der Waals surface area (Å²) in [6.07, 6.45) is 1.25. The van der Waals surface area contributed by atoms with Gasteiger partial charge in [0.05, 0.1) is 18.5 Å². The minimum Gasteiger partial charge on any atom is -0.266 e. The third-order valence-corrected chi connectivity index (χ3v) is 4.61. The molecule has 0 amide bonds. The third-order valence-electron chi connectivity index (χ3n) is 3.48. The van der Waals surface area contributed by atoms with E-state index in [1.165, 1.54) is 10.6 Å². The summed E-state index contributed by atoms with van der Waals surface area (Å²) in [6, 6.07) is 13.8. The number of benzene rings is 2. The molecular weight excluding hydrogens is 282 g/mol. The molecule has 0 saturated carbocycles. The molecule has 0 aliphatic carbocycles. The van der Waals surface area contributed by atoms with Crippen LogP contribution in [-0.2, 0) is 16.6 Å². The molecule has 0 N–H and O–H groups in total. The topological polar surface area (TPSA) is 37.4 Å². The summed E-state index contributed by atoms with van der Waals surface area (Å²) in [5.41, 5.74) is 4.90. The molecule has 0 unspecified atom stereocenters. The molecule has 0 aliphatic rings. The van der Waals surface area contributed by atoms with E-state index in [4.69, 9.17) is 0 Å². The van der Waals surface area contributed by atoms with E-state index < -0.39 is 10.0 Å². The van der Waals surface area contributed by atoms with Crippen LogP contribution in [0.5, 0.6) is 0 Å². The number of hydrogen-bond acceptors (Lipinski definition) is 2. The molecule has 0 atom stereocenters. The molecule has 0 bridgehead atoms. The van der Waals surface area contributed by atoms with E-state index in [-0.39, 0.29) is 0 Å². The number of aryl methyl sites for hydroxylation is 3. The summed E-state index contributed by atoms with van der Waals surface area (Å²) in [6.45, 7) is 6.27. The van der Waals surface area contributed by atoms with Crippen LogP contribution in [0.1, 0.15) is 22.3 Å². The van der Waals surface area contributed by atoms with Gasteiger partial charge < -0.3 is 0 Å². The highest BCUT2D eigenvalue weighted by atomic mass is 32.2. The van der Waals surface area contributed by atoms with Crippen molar-refractivity contribution in [3.63, 3.8) is 0 Å². The predicted octanol–water partition coefficient (Wildman–Crippen LogP) is 3.58. The average molecular weight is 303 g/mol. The van der Waals surface area contributed by atoms with Crippen molar-refractivity contribution < 1.29 is 8.42 Å². The molecule has 0 spiro atoms. The number of rotatable bonds is 4. The quantitative estimate of drug-likeness (QED) is 0.866. The highest BCUT2D eigenvalue weighted by molar-refractivity contribution is 7.92. The molecule has 0 fully saturated rings. The third kappa shape index (κ3) is 3.85. The van der Waals surface area contributed by atoms with Crippen LogP contribution in [-0.4, -0.2) is 14.7 Å². The lowest BCUT2D eigenvalue weighted by Crippen LogP contribution is -2.30. The van der Waals surface area contributed by atoms with Crippen LogP contribution in [0.4, 0.5) is 5.69 Å². The second-order valence-electron chi connectivity index (χ2n) is 5.55. The van der Waals surface area contributed by atoms with Crippen molar-refractivity contribution in [2.45, 2.75) is 27.3 Å². The Morgan fingerprint density at radius 2 is 1.48 bits per heavy atom. The summed E-state index contributed by atoms with van der Waals surface area (Å²) in [5.74, 6) is 0. The average Bonchev–Trinajstić information content (AvgIpc) is 2.40. The highest BCUT2D eigenvalue weighted by Crippen LogP contribution is 2.25. The maximum Gasteiger partial charge on any atom is 0.232 e. The Hall–Kier alpha value is -1.81. The second-order valence-corrected chi connectivity index (χ2v) is 7.45. The highest BCUT2D eigenvalue weighted by Gasteiger charge is 2.19. The maximum atomic E-state index is 12.2. The smallest absolute Gasteiger partial charge is 0.232 e. The standard InChI is InChI=1S/C17H21NO2S/c1-13-6-9-16(10-7-13)12-18(21(4,19)20)17-11-14(2)5-8-15(17)3/h5-11H,12H2,1-4H3. The van der Waals surface area contributed by atoms with E-state index in [1.807, 2.05) is 63.2 Å². The molecule has 0 radical (unpaired) electrons. The zero-order valence-electron chi connectivity index (χ0n) is 12.9. The summed E-state index contributed by atoms with van der Waals surface area (Å²) in [4.78, 5) is 0. The molecule has 4 heteroatoms. The Morgan fingerprint density at radius 1 is 0.905 bits per heavy atom. The van der Waals surface area contributed by atoms with E-state index in [0.29, 0.717) is 6.54 Å². The fourth-order valence-electron chi connectivity index (χ4n) is 2.23. The zero-order valence-corrected chi connectivity index (χ0v) is 13.7. The van der Waals surface area contributed by atoms with Gasteiger partial charge in [-0.15, -0.1) is 0 Å². The number of nitrogens with zero attached hydrogens (tertiary/aromatic N) is 1. The molecular formula is C17H21NO2S. The molecule has 2 aromatic rings. The van der Waals surface area contributed by atoms with Gasteiger partial charge in [-0.1, -0.05) is 42.0 Å². The van der Waals surface area contributed by atoms with Gasteiger partial charge >= 0.3 is 0 Å².